The van der Waals surface area contributed by atoms with Crippen molar-refractivity contribution in [2.24, 2.45) is 0 Å². The van der Waals surface area contributed by atoms with Gasteiger partial charge in [-0.25, -0.2) is 4.98 Å². The molecule has 0 N–H and O–H groups in total. The van der Waals surface area contributed by atoms with Crippen molar-refractivity contribution >= 4 is 22.7 Å². The lowest BCUT2D eigenvalue weighted by atomic mass is 10.0. The summed E-state index contributed by atoms with van der Waals surface area (Å²) >= 11 is 3.55. The highest BCUT2D eigenvalue weighted by molar-refractivity contribution is 7.13. The van der Waals surface area contributed by atoms with Gasteiger partial charge in [-0.2, -0.15) is 0 Å². The van der Waals surface area contributed by atoms with Crippen LogP contribution in [0.2, 0.25) is 0 Å². The lowest BCUT2D eigenvalue weighted by Crippen LogP contribution is -2.32. The van der Waals surface area contributed by atoms with Crippen LogP contribution in [0.3, 0.4) is 0 Å². The predicted octanol–water partition coefficient (Wildman–Crippen LogP) is 5.01. The average molecular weight is 387 g/mol. The van der Waals surface area contributed by atoms with Crippen LogP contribution < -0.4 is 9.47 Å². The highest BCUT2D eigenvalue weighted by Gasteiger charge is 2.25. The zero-order valence-electron chi connectivity index (χ0n) is 15.2. The van der Waals surface area contributed by atoms with Gasteiger partial charge in [-0.15, -0.1) is 22.7 Å². The lowest BCUT2D eigenvalue weighted by Gasteiger charge is -2.32. The first-order chi connectivity index (χ1) is 12.7. The van der Waals surface area contributed by atoms with Crippen LogP contribution in [-0.4, -0.2) is 30.6 Å². The summed E-state index contributed by atoms with van der Waals surface area (Å²) in [5.74, 6) is 1.58. The van der Waals surface area contributed by atoms with Gasteiger partial charge in [0.25, 0.3) is 0 Å². The Morgan fingerprint density at radius 3 is 2.88 bits per heavy atom. The second-order valence-corrected chi connectivity index (χ2v) is 8.26. The lowest BCUT2D eigenvalue weighted by molar-refractivity contribution is 0.189. The molecule has 0 spiro atoms. The van der Waals surface area contributed by atoms with Crippen LogP contribution in [0.4, 0.5) is 0 Å². The van der Waals surface area contributed by atoms with E-state index in [9.17, 15) is 0 Å². The minimum absolute atomic E-state index is 0.450. The molecule has 0 saturated carbocycles. The highest BCUT2D eigenvalue weighted by atomic mass is 32.1. The van der Waals surface area contributed by atoms with Gasteiger partial charge in [0.05, 0.1) is 25.5 Å². The first-order valence-electron chi connectivity index (χ1n) is 8.66. The first-order valence-corrected chi connectivity index (χ1v) is 10.4. The summed E-state index contributed by atoms with van der Waals surface area (Å²) in [6.07, 6.45) is 1.14. The van der Waals surface area contributed by atoms with E-state index in [0.29, 0.717) is 6.04 Å². The van der Waals surface area contributed by atoms with Crippen molar-refractivity contribution in [3.63, 3.8) is 0 Å². The van der Waals surface area contributed by atoms with Gasteiger partial charge in [0.2, 0.25) is 0 Å². The summed E-state index contributed by atoms with van der Waals surface area (Å²) in [5, 5.41) is 5.36. The van der Waals surface area contributed by atoms with E-state index in [1.54, 1.807) is 25.6 Å². The smallest absolute Gasteiger partial charge is 0.132 e. The molecule has 0 bridgehead atoms. The number of nitrogens with zero attached hydrogens (tertiary/aromatic N) is 2. The molecule has 4 rings (SSSR count). The molecule has 0 radical (unpaired) electrons. The van der Waals surface area contributed by atoms with Crippen molar-refractivity contribution in [3.05, 3.63) is 51.2 Å². The van der Waals surface area contributed by atoms with Crippen LogP contribution in [0.1, 0.15) is 29.1 Å². The molecule has 0 unspecified atom stereocenters. The number of aromatic nitrogens is 1. The van der Waals surface area contributed by atoms with Crippen molar-refractivity contribution < 1.29 is 9.47 Å². The molecule has 0 aliphatic carbocycles. The maximum absolute atomic E-state index is 5.53. The van der Waals surface area contributed by atoms with Crippen molar-refractivity contribution in [2.45, 2.75) is 25.9 Å². The molecule has 1 atom stereocenters. The second kappa shape index (κ2) is 7.39. The fourth-order valence-corrected chi connectivity index (χ4v) is 5.27. The standard InChI is InChI=1S/C20H22N2O2S2/c1-13-16-7-9-25-19(16)6-8-22(13)11-14-12-26-20(21-14)17-5-4-15(23-2)10-18(17)24-3/h4-5,7,9-10,12-13H,6,8,11H2,1-3H3/t13-/m0/s1. The molecular formula is C20H22N2O2S2. The van der Waals surface area contributed by atoms with E-state index in [4.69, 9.17) is 14.5 Å². The number of hydrogen-bond donors (Lipinski definition) is 0. The third-order valence-corrected chi connectivity index (χ3v) is 6.88. The molecule has 0 amide bonds. The zero-order valence-corrected chi connectivity index (χ0v) is 16.8. The normalized spacial score (nSPS) is 17.1. The Bertz CT molecular complexity index is 903. The number of methoxy groups -OCH3 is 2. The molecule has 3 heterocycles. The van der Waals surface area contributed by atoms with Gasteiger partial charge in [-0.1, -0.05) is 0 Å². The Morgan fingerprint density at radius 1 is 1.19 bits per heavy atom. The topological polar surface area (TPSA) is 34.6 Å². The molecule has 1 aliphatic heterocycles. The van der Waals surface area contributed by atoms with Crippen LogP contribution in [0.25, 0.3) is 10.6 Å². The molecule has 1 aliphatic rings. The Hall–Kier alpha value is -1.89. The van der Waals surface area contributed by atoms with Crippen LogP contribution in [0.5, 0.6) is 11.5 Å². The average Bonchev–Trinajstić information content (AvgIpc) is 3.33. The molecule has 0 saturated heterocycles. The first kappa shape index (κ1) is 17.5. The molecule has 26 heavy (non-hydrogen) atoms. The molecule has 6 heteroatoms. The maximum Gasteiger partial charge on any atom is 0.132 e. The number of rotatable bonds is 5. The third-order valence-electron chi connectivity index (χ3n) is 4.96. The van der Waals surface area contributed by atoms with Gasteiger partial charge in [0.15, 0.2) is 0 Å². The number of fused-ring (bicyclic) bond motifs is 1. The molecule has 1 aromatic carbocycles. The van der Waals surface area contributed by atoms with Crippen LogP contribution >= 0.6 is 22.7 Å². The van der Waals surface area contributed by atoms with Crippen molar-refractivity contribution in [1.29, 1.82) is 0 Å². The molecule has 136 valence electrons. The van der Waals surface area contributed by atoms with E-state index in [-0.39, 0.29) is 0 Å². The minimum atomic E-state index is 0.450. The number of thiophene rings is 1. The second-order valence-electron chi connectivity index (χ2n) is 6.41. The Morgan fingerprint density at radius 2 is 2.08 bits per heavy atom. The SMILES string of the molecule is COc1ccc(-c2nc(CN3CCc4sccc4[C@@H]3C)cs2)c(OC)c1. The number of ether oxygens (including phenoxy) is 2. The molecule has 2 aromatic heterocycles. The molecule has 4 nitrogen and oxygen atoms in total. The Kier molecular flexibility index (Phi) is 4.98. The summed E-state index contributed by atoms with van der Waals surface area (Å²) in [5.41, 5.74) is 3.61. The van der Waals surface area contributed by atoms with Gasteiger partial charge >= 0.3 is 0 Å². The summed E-state index contributed by atoms with van der Waals surface area (Å²) in [6.45, 7) is 4.27. The van der Waals surface area contributed by atoms with Crippen LogP contribution in [-0.2, 0) is 13.0 Å². The van der Waals surface area contributed by atoms with Gasteiger partial charge in [-0.05, 0) is 42.5 Å². The summed E-state index contributed by atoms with van der Waals surface area (Å²) < 4.78 is 10.8. The van der Waals surface area contributed by atoms with Gasteiger partial charge < -0.3 is 9.47 Å². The molecule has 3 aromatic rings. The van der Waals surface area contributed by atoms with Crippen LogP contribution in [0, 0.1) is 0 Å². The van der Waals surface area contributed by atoms with E-state index in [1.165, 1.54) is 10.4 Å². The van der Waals surface area contributed by atoms with Gasteiger partial charge in [-0.3, -0.25) is 4.90 Å². The fraction of sp³-hybridized carbons (Fsp3) is 0.350. The van der Waals surface area contributed by atoms with Crippen molar-refractivity contribution in [1.82, 2.24) is 9.88 Å². The number of hydrogen-bond acceptors (Lipinski definition) is 6. The Balaban J connectivity index is 1.54. The van der Waals surface area contributed by atoms with E-state index in [1.807, 2.05) is 29.5 Å². The van der Waals surface area contributed by atoms with Crippen molar-refractivity contribution in [2.75, 3.05) is 20.8 Å². The maximum atomic E-state index is 5.53. The third kappa shape index (κ3) is 3.24. The van der Waals surface area contributed by atoms with E-state index >= 15 is 0 Å². The summed E-state index contributed by atoms with van der Waals surface area (Å²) in [6, 6.07) is 8.59. The summed E-state index contributed by atoms with van der Waals surface area (Å²) in [4.78, 5) is 8.93. The largest absolute Gasteiger partial charge is 0.497 e. The van der Waals surface area contributed by atoms with E-state index in [2.05, 4.69) is 28.7 Å². The predicted molar refractivity (Wildman–Crippen MR) is 108 cm³/mol. The van der Waals surface area contributed by atoms with E-state index in [0.717, 1.165) is 47.3 Å². The quantitative estimate of drug-likeness (QED) is 0.617. The van der Waals surface area contributed by atoms with Gasteiger partial charge in [0, 0.05) is 35.5 Å². The van der Waals surface area contributed by atoms with Crippen molar-refractivity contribution in [3.8, 4) is 22.1 Å². The monoisotopic (exact) mass is 386 g/mol. The number of thiazole rings is 1. The zero-order chi connectivity index (χ0) is 18.1. The minimum Gasteiger partial charge on any atom is -0.497 e. The Labute approximate surface area is 162 Å². The van der Waals surface area contributed by atoms with Gasteiger partial charge in [0.1, 0.15) is 16.5 Å². The molecular weight excluding hydrogens is 364 g/mol. The summed E-state index contributed by atoms with van der Waals surface area (Å²) in [7, 11) is 3.34. The number of benzene rings is 1. The highest BCUT2D eigenvalue weighted by Crippen LogP contribution is 2.37. The fourth-order valence-electron chi connectivity index (χ4n) is 3.46. The van der Waals surface area contributed by atoms with Crippen LogP contribution in [0.15, 0.2) is 35.0 Å². The van der Waals surface area contributed by atoms with E-state index < -0.39 is 0 Å². The molecule has 0 fully saturated rings.